The highest BCUT2D eigenvalue weighted by atomic mass is 32.1. The number of hydrogen-bond acceptors (Lipinski definition) is 7. The molecule has 1 fully saturated rings. The molecule has 0 spiro atoms. The lowest BCUT2D eigenvalue weighted by molar-refractivity contribution is 0.210. The van der Waals surface area contributed by atoms with Crippen LogP contribution in [0.2, 0.25) is 0 Å². The third-order valence-corrected chi connectivity index (χ3v) is 2.96. The Morgan fingerprint density at radius 2 is 2.12 bits per heavy atom. The van der Waals surface area contributed by atoms with Gasteiger partial charge in [-0.3, -0.25) is 0 Å². The van der Waals surface area contributed by atoms with Gasteiger partial charge >= 0.3 is 11.3 Å². The summed E-state index contributed by atoms with van der Waals surface area (Å²) >= 11 is 1.03. The Morgan fingerprint density at radius 1 is 1.44 bits per heavy atom. The van der Waals surface area contributed by atoms with Crippen molar-refractivity contribution in [1.29, 1.82) is 0 Å². The highest BCUT2D eigenvalue weighted by Crippen LogP contribution is 2.20. The number of rotatable bonds is 2. The van der Waals surface area contributed by atoms with Gasteiger partial charge in [-0.05, 0) is 7.05 Å². The van der Waals surface area contributed by atoms with Crippen LogP contribution in [0.3, 0.4) is 0 Å². The summed E-state index contributed by atoms with van der Waals surface area (Å²) in [6, 6.07) is 0. The molecular formula is C8H13N5O2S. The van der Waals surface area contributed by atoms with Gasteiger partial charge in [-0.15, -0.1) is 4.37 Å². The molecular weight excluding hydrogens is 230 g/mol. The van der Waals surface area contributed by atoms with Crippen LogP contribution in [0.4, 0.5) is 10.7 Å². The van der Waals surface area contributed by atoms with Crippen molar-refractivity contribution in [2.75, 3.05) is 38.1 Å². The van der Waals surface area contributed by atoms with Crippen LogP contribution in [0, 0.1) is 0 Å². The maximum atomic E-state index is 10.5. The number of likely N-dealkylation sites (N-methyl/N-ethyl adjacent to an activating group) is 1. The highest BCUT2D eigenvalue weighted by Gasteiger charge is 2.18. The van der Waals surface area contributed by atoms with Crippen LogP contribution in [0.5, 0.6) is 5.19 Å². The summed E-state index contributed by atoms with van der Waals surface area (Å²) in [6.45, 7) is 3.71. The molecule has 8 heteroatoms. The number of nitrogens with two attached hydrogens (primary N) is 1. The standard InChI is InChI=1S/C8H13N5O2S/c1-12-2-4-13(5-3-12)7-10-8(16-11-7)15-6(9)14/h2-5H2,1H3,(H2,9,14). The predicted molar refractivity (Wildman–Crippen MR) is 59.8 cm³/mol. The summed E-state index contributed by atoms with van der Waals surface area (Å²) in [5.74, 6) is 0.606. The number of nitrogens with zero attached hydrogens (tertiary/aromatic N) is 4. The minimum absolute atomic E-state index is 0.196. The second kappa shape index (κ2) is 4.62. The molecule has 0 unspecified atom stereocenters. The van der Waals surface area contributed by atoms with Crippen molar-refractivity contribution in [1.82, 2.24) is 14.3 Å². The molecule has 1 aliphatic rings. The molecule has 88 valence electrons. The first kappa shape index (κ1) is 11.1. The van der Waals surface area contributed by atoms with Gasteiger partial charge in [0.25, 0.3) is 0 Å². The van der Waals surface area contributed by atoms with Gasteiger partial charge < -0.3 is 20.3 Å². The van der Waals surface area contributed by atoms with Crippen molar-refractivity contribution in [3.8, 4) is 5.19 Å². The van der Waals surface area contributed by atoms with Crippen LogP contribution >= 0.6 is 11.5 Å². The number of aromatic nitrogens is 2. The lowest BCUT2D eigenvalue weighted by atomic mass is 10.3. The van der Waals surface area contributed by atoms with Crippen molar-refractivity contribution < 1.29 is 9.53 Å². The third-order valence-electron chi connectivity index (χ3n) is 2.37. The largest absolute Gasteiger partial charge is 0.411 e. The van der Waals surface area contributed by atoms with Gasteiger partial charge in [0, 0.05) is 37.7 Å². The zero-order valence-electron chi connectivity index (χ0n) is 8.92. The van der Waals surface area contributed by atoms with Gasteiger partial charge in [0.15, 0.2) is 0 Å². The van der Waals surface area contributed by atoms with Gasteiger partial charge in [0.05, 0.1) is 0 Å². The summed E-state index contributed by atoms with van der Waals surface area (Å²) in [5.41, 5.74) is 4.89. The van der Waals surface area contributed by atoms with E-state index in [2.05, 4.69) is 30.9 Å². The van der Waals surface area contributed by atoms with Crippen molar-refractivity contribution in [3.63, 3.8) is 0 Å². The van der Waals surface area contributed by atoms with Gasteiger partial charge in [-0.1, -0.05) is 0 Å². The Hall–Kier alpha value is -1.41. The molecule has 2 rings (SSSR count). The van der Waals surface area contributed by atoms with E-state index in [1.807, 2.05) is 0 Å². The average Bonchev–Trinajstić information content (AvgIpc) is 2.66. The number of amides is 1. The normalized spacial score (nSPS) is 17.4. The Labute approximate surface area is 97.0 Å². The first-order chi connectivity index (χ1) is 7.65. The van der Waals surface area contributed by atoms with E-state index < -0.39 is 6.09 Å². The van der Waals surface area contributed by atoms with E-state index in [0.29, 0.717) is 5.95 Å². The Kier molecular flexibility index (Phi) is 3.20. The summed E-state index contributed by atoms with van der Waals surface area (Å²) in [6.07, 6.45) is -0.860. The van der Waals surface area contributed by atoms with Gasteiger partial charge in [-0.25, -0.2) is 4.79 Å². The van der Waals surface area contributed by atoms with Crippen LogP contribution in [0.25, 0.3) is 0 Å². The molecule has 0 saturated carbocycles. The van der Waals surface area contributed by atoms with Crippen LogP contribution in [0.1, 0.15) is 0 Å². The summed E-state index contributed by atoms with van der Waals surface area (Å²) in [4.78, 5) is 18.9. The van der Waals surface area contributed by atoms with E-state index in [9.17, 15) is 4.79 Å². The molecule has 2 heterocycles. The molecule has 0 aromatic carbocycles. The van der Waals surface area contributed by atoms with Crippen molar-refractivity contribution in [2.24, 2.45) is 5.73 Å². The molecule has 2 N–H and O–H groups in total. The van der Waals surface area contributed by atoms with E-state index in [-0.39, 0.29) is 5.19 Å². The predicted octanol–water partition coefficient (Wildman–Crippen LogP) is -0.253. The van der Waals surface area contributed by atoms with Gasteiger partial charge in [-0.2, -0.15) is 4.98 Å². The molecule has 0 atom stereocenters. The smallest absolute Gasteiger partial charge is 0.380 e. The van der Waals surface area contributed by atoms with E-state index in [4.69, 9.17) is 5.73 Å². The third kappa shape index (κ3) is 2.58. The molecule has 7 nitrogen and oxygen atoms in total. The minimum Gasteiger partial charge on any atom is -0.380 e. The number of carbonyl (C=O) groups is 1. The minimum atomic E-state index is -0.860. The van der Waals surface area contributed by atoms with Crippen molar-refractivity contribution in [2.45, 2.75) is 0 Å². The molecule has 0 aliphatic carbocycles. The maximum Gasteiger partial charge on any atom is 0.411 e. The Bertz CT molecular complexity index is 374. The topological polar surface area (TPSA) is 84.6 Å². The second-order valence-electron chi connectivity index (χ2n) is 3.57. The Morgan fingerprint density at radius 3 is 2.75 bits per heavy atom. The molecule has 1 amide bonds. The lowest BCUT2D eigenvalue weighted by Crippen LogP contribution is -2.44. The second-order valence-corrected chi connectivity index (χ2v) is 4.29. The first-order valence-corrected chi connectivity index (χ1v) is 5.67. The zero-order chi connectivity index (χ0) is 11.5. The monoisotopic (exact) mass is 243 g/mol. The number of ether oxygens (including phenoxy) is 1. The molecule has 1 aliphatic heterocycles. The molecule has 1 aromatic rings. The highest BCUT2D eigenvalue weighted by molar-refractivity contribution is 7.07. The fraction of sp³-hybridized carbons (Fsp3) is 0.625. The fourth-order valence-electron chi connectivity index (χ4n) is 1.46. The zero-order valence-corrected chi connectivity index (χ0v) is 9.74. The molecule has 16 heavy (non-hydrogen) atoms. The van der Waals surface area contributed by atoms with Crippen LogP contribution in [-0.4, -0.2) is 53.6 Å². The molecule has 1 aromatic heterocycles. The van der Waals surface area contributed by atoms with E-state index in [0.717, 1.165) is 37.7 Å². The molecule has 0 bridgehead atoms. The van der Waals surface area contributed by atoms with E-state index >= 15 is 0 Å². The molecule has 0 radical (unpaired) electrons. The summed E-state index contributed by atoms with van der Waals surface area (Å²) in [7, 11) is 2.08. The number of hydrogen-bond donors (Lipinski definition) is 1. The van der Waals surface area contributed by atoms with Crippen LogP contribution in [-0.2, 0) is 0 Å². The number of primary amides is 1. The lowest BCUT2D eigenvalue weighted by Gasteiger charge is -2.31. The van der Waals surface area contributed by atoms with E-state index in [1.165, 1.54) is 0 Å². The summed E-state index contributed by atoms with van der Waals surface area (Å²) in [5, 5.41) is 0.196. The fourth-order valence-corrected chi connectivity index (χ4v) is 2.02. The average molecular weight is 243 g/mol. The number of carbonyl (C=O) groups excluding carboxylic acids is 1. The van der Waals surface area contributed by atoms with Crippen molar-refractivity contribution in [3.05, 3.63) is 0 Å². The van der Waals surface area contributed by atoms with Crippen LogP contribution < -0.4 is 15.4 Å². The quantitative estimate of drug-likeness (QED) is 0.771. The van der Waals surface area contributed by atoms with E-state index in [1.54, 1.807) is 0 Å². The number of piperazine rings is 1. The van der Waals surface area contributed by atoms with Gasteiger partial charge in [0.1, 0.15) is 0 Å². The first-order valence-electron chi connectivity index (χ1n) is 4.89. The SMILES string of the molecule is CN1CCN(c2nsc(OC(N)=O)n2)CC1. The molecule has 1 saturated heterocycles. The van der Waals surface area contributed by atoms with Crippen molar-refractivity contribution >= 4 is 23.6 Å². The maximum absolute atomic E-state index is 10.5. The number of anilines is 1. The van der Waals surface area contributed by atoms with Gasteiger partial charge in [0.2, 0.25) is 5.95 Å². The van der Waals surface area contributed by atoms with Crippen LogP contribution in [0.15, 0.2) is 0 Å². The summed E-state index contributed by atoms with van der Waals surface area (Å²) < 4.78 is 8.78. The Balaban J connectivity index is 1.99.